The van der Waals surface area contributed by atoms with Crippen LogP contribution in [-0.4, -0.2) is 45.0 Å². The molecule has 2 unspecified atom stereocenters. The van der Waals surface area contributed by atoms with E-state index in [4.69, 9.17) is 4.74 Å². The number of aromatic nitrogens is 3. The zero-order valence-electron chi connectivity index (χ0n) is 13.1. The van der Waals surface area contributed by atoms with E-state index in [2.05, 4.69) is 15.2 Å². The molecule has 3 aliphatic rings. The molecule has 0 aromatic carbocycles. The molecule has 1 saturated carbocycles. The summed E-state index contributed by atoms with van der Waals surface area (Å²) in [6.45, 7) is 0.506. The van der Waals surface area contributed by atoms with Crippen LogP contribution in [0.5, 0.6) is 0 Å². The lowest BCUT2D eigenvalue weighted by atomic mass is 9.83. The lowest BCUT2D eigenvalue weighted by Gasteiger charge is -2.42. The monoisotopic (exact) mass is 304 g/mol. The summed E-state index contributed by atoms with van der Waals surface area (Å²) in [6, 6.07) is 1.19. The maximum Gasteiger partial charge on any atom is 0.226 e. The first-order chi connectivity index (χ1) is 10.8. The van der Waals surface area contributed by atoms with Crippen molar-refractivity contribution in [2.24, 2.45) is 5.92 Å². The Labute approximate surface area is 130 Å². The SMILES string of the molecule is COCc1cn(C2CC3CCC(C2)N3C(=O)C2CCC2)nn1. The molecule has 4 rings (SSSR count). The fraction of sp³-hybridized carbons (Fsp3) is 0.812. The largest absolute Gasteiger partial charge is 0.378 e. The van der Waals surface area contributed by atoms with E-state index < -0.39 is 0 Å². The molecule has 0 N–H and O–H groups in total. The third kappa shape index (κ3) is 2.33. The summed E-state index contributed by atoms with van der Waals surface area (Å²) in [5.41, 5.74) is 0.878. The van der Waals surface area contributed by atoms with E-state index in [0.29, 0.717) is 36.6 Å². The summed E-state index contributed by atoms with van der Waals surface area (Å²) >= 11 is 0. The summed E-state index contributed by atoms with van der Waals surface area (Å²) < 4.78 is 7.10. The molecule has 1 aliphatic carbocycles. The minimum absolute atomic E-state index is 0.319. The highest BCUT2D eigenvalue weighted by molar-refractivity contribution is 5.80. The highest BCUT2D eigenvalue weighted by Gasteiger charge is 2.46. The first-order valence-corrected chi connectivity index (χ1v) is 8.48. The normalized spacial score (nSPS) is 31.3. The summed E-state index contributed by atoms with van der Waals surface area (Å²) in [5, 5.41) is 8.43. The molecular formula is C16H24N4O2. The lowest BCUT2D eigenvalue weighted by Crippen LogP contribution is -2.50. The summed E-state index contributed by atoms with van der Waals surface area (Å²) in [4.78, 5) is 14.9. The van der Waals surface area contributed by atoms with Gasteiger partial charge < -0.3 is 9.64 Å². The first kappa shape index (κ1) is 14.2. The highest BCUT2D eigenvalue weighted by atomic mass is 16.5. The Morgan fingerprint density at radius 1 is 1.23 bits per heavy atom. The second kappa shape index (κ2) is 5.65. The molecular weight excluding hydrogens is 280 g/mol. The van der Waals surface area contributed by atoms with Crippen LogP contribution in [0.2, 0.25) is 0 Å². The standard InChI is InChI=1S/C16H24N4O2/c1-22-10-12-9-19(18-17-12)15-7-13-5-6-14(8-15)20(13)16(21)11-3-2-4-11/h9,11,13-15H,2-8,10H2,1H3. The number of hydrogen-bond acceptors (Lipinski definition) is 4. The zero-order chi connectivity index (χ0) is 15.1. The fourth-order valence-corrected chi connectivity index (χ4v) is 4.30. The van der Waals surface area contributed by atoms with Crippen LogP contribution in [0.4, 0.5) is 0 Å². The van der Waals surface area contributed by atoms with Crippen molar-refractivity contribution in [3.63, 3.8) is 0 Å². The number of fused-ring (bicyclic) bond motifs is 2. The number of methoxy groups -OCH3 is 1. The van der Waals surface area contributed by atoms with Crippen LogP contribution in [0, 0.1) is 5.92 Å². The number of ether oxygens (including phenoxy) is 1. The van der Waals surface area contributed by atoms with Gasteiger partial charge in [0.2, 0.25) is 5.91 Å². The Balaban J connectivity index is 1.46. The van der Waals surface area contributed by atoms with E-state index in [1.165, 1.54) is 6.42 Å². The van der Waals surface area contributed by atoms with Crippen molar-refractivity contribution >= 4 is 5.91 Å². The summed E-state index contributed by atoms with van der Waals surface area (Å²) in [5.74, 6) is 0.746. The number of nitrogens with zero attached hydrogens (tertiary/aromatic N) is 4. The van der Waals surface area contributed by atoms with Gasteiger partial charge >= 0.3 is 0 Å². The quantitative estimate of drug-likeness (QED) is 0.852. The number of amides is 1. The second-order valence-electron chi connectivity index (χ2n) is 7.01. The van der Waals surface area contributed by atoms with Crippen molar-refractivity contribution in [1.29, 1.82) is 0 Å². The van der Waals surface area contributed by atoms with Gasteiger partial charge in [-0.15, -0.1) is 5.10 Å². The number of hydrogen-bond donors (Lipinski definition) is 0. The van der Waals surface area contributed by atoms with Crippen LogP contribution >= 0.6 is 0 Å². The van der Waals surface area contributed by atoms with Crippen molar-refractivity contribution < 1.29 is 9.53 Å². The van der Waals surface area contributed by atoms with Crippen molar-refractivity contribution in [2.75, 3.05) is 7.11 Å². The van der Waals surface area contributed by atoms with Gasteiger partial charge in [0.1, 0.15) is 5.69 Å². The smallest absolute Gasteiger partial charge is 0.226 e. The van der Waals surface area contributed by atoms with Gasteiger partial charge in [0.15, 0.2) is 0 Å². The number of piperidine rings is 1. The number of rotatable bonds is 4. The average molecular weight is 304 g/mol. The topological polar surface area (TPSA) is 60.2 Å². The minimum Gasteiger partial charge on any atom is -0.378 e. The third-order valence-corrected chi connectivity index (χ3v) is 5.64. The predicted molar refractivity (Wildman–Crippen MR) is 80.0 cm³/mol. The molecule has 2 atom stereocenters. The van der Waals surface area contributed by atoms with E-state index >= 15 is 0 Å². The molecule has 3 heterocycles. The van der Waals surface area contributed by atoms with Crippen LogP contribution in [0.1, 0.15) is 56.7 Å². The van der Waals surface area contributed by atoms with Gasteiger partial charge in [-0.3, -0.25) is 4.79 Å². The highest BCUT2D eigenvalue weighted by Crippen LogP contribution is 2.43. The Morgan fingerprint density at radius 2 is 1.95 bits per heavy atom. The Hall–Kier alpha value is -1.43. The maximum absolute atomic E-state index is 12.6. The maximum atomic E-state index is 12.6. The van der Waals surface area contributed by atoms with Gasteiger partial charge in [0.25, 0.3) is 0 Å². The van der Waals surface area contributed by atoms with Gasteiger partial charge in [-0.1, -0.05) is 11.6 Å². The molecule has 2 aliphatic heterocycles. The molecule has 6 nitrogen and oxygen atoms in total. The molecule has 0 radical (unpaired) electrons. The molecule has 1 aromatic heterocycles. The number of carbonyl (C=O) groups excluding carboxylic acids is 1. The summed E-state index contributed by atoms with van der Waals surface area (Å²) in [6.07, 6.45) is 9.76. The minimum atomic E-state index is 0.319. The van der Waals surface area contributed by atoms with E-state index in [1.54, 1.807) is 7.11 Å². The van der Waals surface area contributed by atoms with Gasteiger partial charge in [-0.05, 0) is 38.5 Å². The van der Waals surface area contributed by atoms with Crippen LogP contribution in [-0.2, 0) is 16.1 Å². The second-order valence-corrected chi connectivity index (χ2v) is 7.01. The van der Waals surface area contributed by atoms with Crippen molar-refractivity contribution in [3.8, 4) is 0 Å². The lowest BCUT2D eigenvalue weighted by molar-refractivity contribution is -0.143. The summed E-state index contributed by atoms with van der Waals surface area (Å²) in [7, 11) is 1.67. The predicted octanol–water partition coefficient (Wildman–Crippen LogP) is 1.92. The van der Waals surface area contributed by atoms with E-state index in [1.807, 2.05) is 10.9 Å². The molecule has 2 bridgehead atoms. The fourth-order valence-electron chi connectivity index (χ4n) is 4.30. The van der Waals surface area contributed by atoms with Gasteiger partial charge in [-0.2, -0.15) is 0 Å². The van der Waals surface area contributed by atoms with Crippen molar-refractivity contribution in [1.82, 2.24) is 19.9 Å². The Bertz CT molecular complexity index is 540. The third-order valence-electron chi connectivity index (χ3n) is 5.64. The van der Waals surface area contributed by atoms with Crippen LogP contribution in [0.3, 0.4) is 0 Å². The van der Waals surface area contributed by atoms with Crippen LogP contribution in [0.15, 0.2) is 6.20 Å². The molecule has 0 spiro atoms. The first-order valence-electron chi connectivity index (χ1n) is 8.48. The average Bonchev–Trinajstić information content (AvgIpc) is 3.00. The Kier molecular flexibility index (Phi) is 3.64. The number of carbonyl (C=O) groups is 1. The van der Waals surface area contributed by atoms with Crippen molar-refractivity contribution in [2.45, 2.75) is 69.7 Å². The molecule has 22 heavy (non-hydrogen) atoms. The van der Waals surface area contributed by atoms with E-state index in [-0.39, 0.29) is 0 Å². The molecule has 1 aromatic rings. The van der Waals surface area contributed by atoms with Gasteiger partial charge in [-0.25, -0.2) is 4.68 Å². The Morgan fingerprint density at radius 3 is 2.55 bits per heavy atom. The van der Waals surface area contributed by atoms with E-state index in [0.717, 1.165) is 44.2 Å². The molecule has 2 saturated heterocycles. The molecule has 3 fully saturated rings. The van der Waals surface area contributed by atoms with Crippen LogP contribution in [0.25, 0.3) is 0 Å². The van der Waals surface area contributed by atoms with Crippen LogP contribution < -0.4 is 0 Å². The zero-order valence-corrected chi connectivity index (χ0v) is 13.1. The van der Waals surface area contributed by atoms with Crippen molar-refractivity contribution in [3.05, 3.63) is 11.9 Å². The molecule has 6 heteroatoms. The van der Waals surface area contributed by atoms with Gasteiger partial charge in [0, 0.05) is 25.1 Å². The molecule has 1 amide bonds. The van der Waals surface area contributed by atoms with Gasteiger partial charge in [0.05, 0.1) is 18.8 Å². The molecule has 120 valence electrons. The van der Waals surface area contributed by atoms with E-state index in [9.17, 15) is 4.79 Å².